The fourth-order valence-corrected chi connectivity index (χ4v) is 4.79. The lowest BCUT2D eigenvalue weighted by atomic mass is 10.1. The Morgan fingerprint density at radius 2 is 1.97 bits per heavy atom. The first-order valence-corrected chi connectivity index (χ1v) is 11.4. The smallest absolute Gasteiger partial charge is 0.238 e. The van der Waals surface area contributed by atoms with Crippen LogP contribution in [-0.4, -0.2) is 53.7 Å². The molecule has 1 aliphatic heterocycles. The zero-order valence-electron chi connectivity index (χ0n) is 17.8. The van der Waals surface area contributed by atoms with Crippen molar-refractivity contribution in [2.24, 2.45) is 5.73 Å². The number of morpholine rings is 1. The van der Waals surface area contributed by atoms with Crippen LogP contribution in [-0.2, 0) is 9.53 Å². The van der Waals surface area contributed by atoms with Gasteiger partial charge >= 0.3 is 0 Å². The standard InChI is InChI=1S/C23H23N7O2S/c24-12-20(31)27-16-3-1-2-14(10-16)18-11-17-21(33-18)23(30-6-8-32-9-7-30)29-22(28-17)15-4-5-19(25)26-13-15/h1-5,10-11,13H,6-9,12,24H2,(H2,25,26)(H,27,31). The molecule has 4 aromatic rings. The summed E-state index contributed by atoms with van der Waals surface area (Å²) in [6, 6.07) is 13.4. The van der Waals surface area contributed by atoms with Gasteiger partial charge in [0.2, 0.25) is 5.91 Å². The van der Waals surface area contributed by atoms with Gasteiger partial charge in [-0.1, -0.05) is 12.1 Å². The van der Waals surface area contributed by atoms with Gasteiger partial charge in [0, 0.05) is 35.4 Å². The van der Waals surface area contributed by atoms with Crippen LogP contribution in [0.2, 0.25) is 0 Å². The molecule has 4 heterocycles. The number of nitrogens with one attached hydrogen (secondary N) is 1. The first-order valence-electron chi connectivity index (χ1n) is 10.6. The lowest BCUT2D eigenvalue weighted by molar-refractivity contribution is -0.114. The monoisotopic (exact) mass is 461 g/mol. The number of hydrogen-bond acceptors (Lipinski definition) is 9. The molecule has 9 nitrogen and oxygen atoms in total. The third kappa shape index (κ3) is 4.49. The summed E-state index contributed by atoms with van der Waals surface area (Å²) in [4.78, 5) is 28.9. The van der Waals surface area contributed by atoms with Crippen molar-refractivity contribution in [1.29, 1.82) is 0 Å². The van der Waals surface area contributed by atoms with Crippen LogP contribution in [0, 0.1) is 0 Å². The van der Waals surface area contributed by atoms with E-state index in [0.29, 0.717) is 30.5 Å². The Labute approximate surface area is 194 Å². The Bertz CT molecular complexity index is 1300. The minimum Gasteiger partial charge on any atom is -0.384 e. The molecule has 1 fully saturated rings. The molecule has 1 aliphatic rings. The van der Waals surface area contributed by atoms with E-state index in [4.69, 9.17) is 26.2 Å². The van der Waals surface area contributed by atoms with E-state index in [9.17, 15) is 4.79 Å². The van der Waals surface area contributed by atoms with Gasteiger partial charge in [-0.3, -0.25) is 4.79 Å². The van der Waals surface area contributed by atoms with Crippen LogP contribution in [0.15, 0.2) is 48.7 Å². The summed E-state index contributed by atoms with van der Waals surface area (Å²) in [5.74, 6) is 1.71. The largest absolute Gasteiger partial charge is 0.384 e. The lowest BCUT2D eigenvalue weighted by Gasteiger charge is -2.28. The molecule has 0 radical (unpaired) electrons. The van der Waals surface area contributed by atoms with Crippen LogP contribution in [0.5, 0.6) is 0 Å². The Kier molecular flexibility index (Phi) is 5.86. The van der Waals surface area contributed by atoms with Gasteiger partial charge in [0.25, 0.3) is 0 Å². The highest BCUT2D eigenvalue weighted by atomic mass is 32.1. The second kappa shape index (κ2) is 9.10. The highest BCUT2D eigenvalue weighted by Crippen LogP contribution is 2.39. The molecule has 1 saturated heterocycles. The number of nitrogen functional groups attached to an aromatic ring is 1. The molecule has 0 unspecified atom stereocenters. The number of nitrogens with zero attached hydrogens (tertiary/aromatic N) is 4. The van der Waals surface area contributed by atoms with Crippen molar-refractivity contribution >= 4 is 44.8 Å². The quantitative estimate of drug-likeness (QED) is 0.413. The second-order valence-electron chi connectivity index (χ2n) is 7.60. The first kappa shape index (κ1) is 21.3. The average Bonchev–Trinajstić information content (AvgIpc) is 3.29. The zero-order valence-corrected chi connectivity index (χ0v) is 18.6. The number of pyridine rings is 1. The number of anilines is 3. The normalized spacial score (nSPS) is 13.9. The Morgan fingerprint density at radius 3 is 2.73 bits per heavy atom. The highest BCUT2D eigenvalue weighted by molar-refractivity contribution is 7.22. The van der Waals surface area contributed by atoms with Crippen molar-refractivity contribution in [1.82, 2.24) is 15.0 Å². The first-order chi connectivity index (χ1) is 16.1. The molecule has 0 aliphatic carbocycles. The van der Waals surface area contributed by atoms with Gasteiger partial charge in [0.05, 0.1) is 30.0 Å². The molecule has 10 heteroatoms. The number of rotatable bonds is 5. The van der Waals surface area contributed by atoms with Crippen molar-refractivity contribution in [3.05, 3.63) is 48.7 Å². The van der Waals surface area contributed by atoms with Crippen molar-refractivity contribution in [3.63, 3.8) is 0 Å². The van der Waals surface area contributed by atoms with Gasteiger partial charge in [-0.05, 0) is 35.9 Å². The van der Waals surface area contributed by atoms with E-state index >= 15 is 0 Å². The van der Waals surface area contributed by atoms with E-state index in [1.807, 2.05) is 30.3 Å². The van der Waals surface area contributed by atoms with Gasteiger partial charge in [0.1, 0.15) is 5.82 Å². The number of ether oxygens (including phenoxy) is 1. The minimum atomic E-state index is -0.231. The van der Waals surface area contributed by atoms with Gasteiger partial charge in [-0.15, -0.1) is 11.3 Å². The van der Waals surface area contributed by atoms with Crippen LogP contribution >= 0.6 is 11.3 Å². The van der Waals surface area contributed by atoms with E-state index in [-0.39, 0.29) is 12.5 Å². The summed E-state index contributed by atoms with van der Waals surface area (Å²) in [5, 5.41) is 2.81. The number of carbonyl (C=O) groups is 1. The molecule has 168 valence electrons. The van der Waals surface area contributed by atoms with Crippen LogP contribution < -0.4 is 21.7 Å². The van der Waals surface area contributed by atoms with Gasteiger partial charge in [-0.2, -0.15) is 0 Å². The number of amides is 1. The van der Waals surface area contributed by atoms with E-state index < -0.39 is 0 Å². The number of thiophene rings is 1. The van der Waals surface area contributed by atoms with Gasteiger partial charge in [0.15, 0.2) is 11.6 Å². The molecular formula is C23H23N7O2S. The molecule has 1 amide bonds. The second-order valence-corrected chi connectivity index (χ2v) is 8.65. The number of aromatic nitrogens is 3. The number of fused-ring (bicyclic) bond motifs is 1. The van der Waals surface area contributed by atoms with Crippen molar-refractivity contribution in [2.75, 3.05) is 48.8 Å². The highest BCUT2D eigenvalue weighted by Gasteiger charge is 2.21. The van der Waals surface area contributed by atoms with Crippen LogP contribution in [0.25, 0.3) is 32.0 Å². The molecule has 5 rings (SSSR count). The summed E-state index contributed by atoms with van der Waals surface area (Å²) in [5.41, 5.74) is 14.5. The van der Waals surface area contributed by atoms with Crippen LogP contribution in [0.4, 0.5) is 17.3 Å². The molecular weight excluding hydrogens is 438 g/mol. The molecule has 0 atom stereocenters. The molecule has 0 bridgehead atoms. The topological polar surface area (TPSA) is 132 Å². The van der Waals surface area contributed by atoms with E-state index in [1.165, 1.54) is 0 Å². The van der Waals surface area contributed by atoms with Crippen molar-refractivity contribution in [3.8, 4) is 21.8 Å². The predicted molar refractivity (Wildman–Crippen MR) is 131 cm³/mol. The number of hydrogen-bond donors (Lipinski definition) is 3. The maximum Gasteiger partial charge on any atom is 0.238 e. The minimum absolute atomic E-state index is 0.0611. The summed E-state index contributed by atoms with van der Waals surface area (Å²) < 4.78 is 6.55. The Balaban J connectivity index is 1.60. The Hall–Kier alpha value is -3.60. The molecule has 33 heavy (non-hydrogen) atoms. The number of nitrogens with two attached hydrogens (primary N) is 2. The molecule has 0 spiro atoms. The Morgan fingerprint density at radius 1 is 1.12 bits per heavy atom. The third-order valence-electron chi connectivity index (χ3n) is 5.33. The molecule has 3 aromatic heterocycles. The number of benzene rings is 1. The fraction of sp³-hybridized carbons (Fsp3) is 0.217. The predicted octanol–water partition coefficient (Wildman–Crippen LogP) is 2.74. The van der Waals surface area contributed by atoms with E-state index in [0.717, 1.165) is 45.1 Å². The number of carbonyl (C=O) groups excluding carboxylic acids is 1. The summed E-state index contributed by atoms with van der Waals surface area (Å²) in [7, 11) is 0. The van der Waals surface area contributed by atoms with Crippen molar-refractivity contribution in [2.45, 2.75) is 0 Å². The maximum atomic E-state index is 11.7. The fourth-order valence-electron chi connectivity index (χ4n) is 3.68. The summed E-state index contributed by atoms with van der Waals surface area (Å²) in [6.07, 6.45) is 1.69. The van der Waals surface area contributed by atoms with Gasteiger partial charge in [-0.25, -0.2) is 15.0 Å². The van der Waals surface area contributed by atoms with E-state index in [1.54, 1.807) is 23.6 Å². The molecule has 1 aromatic carbocycles. The third-order valence-corrected chi connectivity index (χ3v) is 6.49. The summed E-state index contributed by atoms with van der Waals surface area (Å²) >= 11 is 1.63. The van der Waals surface area contributed by atoms with Crippen LogP contribution in [0.3, 0.4) is 0 Å². The average molecular weight is 462 g/mol. The lowest BCUT2D eigenvalue weighted by Crippen LogP contribution is -2.36. The van der Waals surface area contributed by atoms with E-state index in [2.05, 4.69) is 21.3 Å². The van der Waals surface area contributed by atoms with Crippen molar-refractivity contribution < 1.29 is 9.53 Å². The summed E-state index contributed by atoms with van der Waals surface area (Å²) in [6.45, 7) is 2.78. The molecule has 0 saturated carbocycles. The van der Waals surface area contributed by atoms with Crippen LogP contribution in [0.1, 0.15) is 0 Å². The maximum absolute atomic E-state index is 11.7. The zero-order chi connectivity index (χ0) is 22.8. The van der Waals surface area contributed by atoms with Gasteiger partial charge < -0.3 is 26.4 Å². The molecule has 5 N–H and O–H groups in total. The SMILES string of the molecule is NCC(=O)Nc1cccc(-c2cc3nc(-c4ccc(N)nc4)nc(N4CCOCC4)c3s2)c1.